The van der Waals surface area contributed by atoms with Crippen LogP contribution in [0.3, 0.4) is 0 Å². The first-order valence-corrected chi connectivity index (χ1v) is 6.68. The summed E-state index contributed by atoms with van der Waals surface area (Å²) >= 11 is 0. The number of rotatable bonds is 4. The van der Waals surface area contributed by atoms with Crippen molar-refractivity contribution in [3.63, 3.8) is 0 Å². The third-order valence-corrected chi connectivity index (χ3v) is 3.28. The van der Waals surface area contributed by atoms with Crippen molar-refractivity contribution in [1.82, 2.24) is 9.78 Å². The molecule has 3 rings (SSSR count). The van der Waals surface area contributed by atoms with Crippen LogP contribution in [0.25, 0.3) is 11.3 Å². The molecule has 0 radical (unpaired) electrons. The van der Waals surface area contributed by atoms with Gasteiger partial charge in [0.2, 0.25) is 0 Å². The van der Waals surface area contributed by atoms with Gasteiger partial charge in [-0.1, -0.05) is 42.5 Å². The maximum Gasteiger partial charge on any atom is 0.115 e. The molecule has 1 aromatic heterocycles. The molecule has 3 aromatic rings. The van der Waals surface area contributed by atoms with Crippen molar-refractivity contribution in [3.8, 4) is 17.0 Å². The van der Waals surface area contributed by atoms with Crippen molar-refractivity contribution >= 4 is 0 Å². The van der Waals surface area contributed by atoms with Gasteiger partial charge in [0.05, 0.1) is 5.69 Å². The van der Waals surface area contributed by atoms with E-state index in [-0.39, 0.29) is 0 Å². The maximum atomic E-state index is 9.25. The van der Waals surface area contributed by atoms with E-state index in [0.717, 1.165) is 24.2 Å². The highest BCUT2D eigenvalue weighted by atomic mass is 16.3. The molecule has 0 unspecified atom stereocenters. The molecule has 0 aliphatic rings. The SMILES string of the molecule is Oc1ccc(CCn2ccc(-c3ccccc3)n2)cc1. The Morgan fingerprint density at radius 2 is 1.65 bits per heavy atom. The van der Waals surface area contributed by atoms with Crippen LogP contribution in [0.1, 0.15) is 5.56 Å². The number of aryl methyl sites for hydroxylation is 2. The monoisotopic (exact) mass is 264 g/mol. The van der Waals surface area contributed by atoms with Gasteiger partial charge in [-0.3, -0.25) is 4.68 Å². The number of aromatic nitrogens is 2. The fourth-order valence-electron chi connectivity index (χ4n) is 2.16. The van der Waals surface area contributed by atoms with Crippen molar-refractivity contribution < 1.29 is 5.11 Å². The predicted octanol–water partition coefficient (Wildman–Crippen LogP) is 3.50. The van der Waals surface area contributed by atoms with Crippen LogP contribution in [-0.2, 0) is 13.0 Å². The second-order valence-electron chi connectivity index (χ2n) is 4.75. The lowest BCUT2D eigenvalue weighted by molar-refractivity contribution is 0.475. The van der Waals surface area contributed by atoms with Gasteiger partial charge in [-0.05, 0) is 30.2 Å². The fourth-order valence-corrected chi connectivity index (χ4v) is 2.16. The van der Waals surface area contributed by atoms with Gasteiger partial charge in [0.25, 0.3) is 0 Å². The molecule has 0 spiro atoms. The van der Waals surface area contributed by atoms with E-state index in [4.69, 9.17) is 0 Å². The van der Waals surface area contributed by atoms with E-state index in [9.17, 15) is 5.11 Å². The van der Waals surface area contributed by atoms with Crippen LogP contribution >= 0.6 is 0 Å². The van der Waals surface area contributed by atoms with E-state index in [1.165, 1.54) is 5.56 Å². The summed E-state index contributed by atoms with van der Waals surface area (Å²) in [5, 5.41) is 13.8. The van der Waals surface area contributed by atoms with Crippen molar-refractivity contribution in [2.45, 2.75) is 13.0 Å². The van der Waals surface area contributed by atoms with E-state index in [1.54, 1.807) is 12.1 Å². The smallest absolute Gasteiger partial charge is 0.115 e. The molecular weight excluding hydrogens is 248 g/mol. The quantitative estimate of drug-likeness (QED) is 0.783. The first kappa shape index (κ1) is 12.5. The Bertz CT molecular complexity index is 672. The predicted molar refractivity (Wildman–Crippen MR) is 79.5 cm³/mol. The highest BCUT2D eigenvalue weighted by Gasteiger charge is 2.02. The average molecular weight is 264 g/mol. The molecular formula is C17H16N2O. The topological polar surface area (TPSA) is 38.0 Å². The molecule has 0 saturated carbocycles. The van der Waals surface area contributed by atoms with Crippen LogP contribution in [0.2, 0.25) is 0 Å². The summed E-state index contributed by atoms with van der Waals surface area (Å²) in [5.41, 5.74) is 3.33. The summed E-state index contributed by atoms with van der Waals surface area (Å²) in [6.45, 7) is 0.831. The zero-order valence-electron chi connectivity index (χ0n) is 11.1. The molecule has 0 saturated heterocycles. The van der Waals surface area contributed by atoms with E-state index >= 15 is 0 Å². The minimum Gasteiger partial charge on any atom is -0.508 e. The van der Waals surface area contributed by atoms with Gasteiger partial charge in [0.1, 0.15) is 5.75 Å². The summed E-state index contributed by atoms with van der Waals surface area (Å²) < 4.78 is 1.95. The Labute approximate surface area is 118 Å². The number of benzene rings is 2. The van der Waals surface area contributed by atoms with Crippen LogP contribution < -0.4 is 0 Å². The molecule has 1 N–H and O–H groups in total. The van der Waals surface area contributed by atoms with Gasteiger partial charge < -0.3 is 5.11 Å². The van der Waals surface area contributed by atoms with Gasteiger partial charge in [-0.2, -0.15) is 5.10 Å². The third-order valence-electron chi connectivity index (χ3n) is 3.28. The second-order valence-corrected chi connectivity index (χ2v) is 4.75. The minimum atomic E-state index is 0.305. The lowest BCUT2D eigenvalue weighted by Gasteiger charge is -2.02. The number of aromatic hydroxyl groups is 1. The van der Waals surface area contributed by atoms with Crippen molar-refractivity contribution in [2.75, 3.05) is 0 Å². The number of hydrogen-bond donors (Lipinski definition) is 1. The zero-order chi connectivity index (χ0) is 13.8. The Kier molecular flexibility index (Phi) is 3.50. The molecule has 100 valence electrons. The van der Waals surface area contributed by atoms with Gasteiger partial charge >= 0.3 is 0 Å². The molecule has 0 fully saturated rings. The first-order chi connectivity index (χ1) is 9.81. The third kappa shape index (κ3) is 2.88. The summed E-state index contributed by atoms with van der Waals surface area (Å²) in [4.78, 5) is 0. The largest absolute Gasteiger partial charge is 0.508 e. The van der Waals surface area contributed by atoms with E-state index in [1.807, 2.05) is 47.3 Å². The average Bonchev–Trinajstić information content (AvgIpc) is 2.97. The summed E-state index contributed by atoms with van der Waals surface area (Å²) in [5.74, 6) is 0.305. The number of phenols is 1. The van der Waals surface area contributed by atoms with Crippen molar-refractivity contribution in [2.24, 2.45) is 0 Å². The Morgan fingerprint density at radius 3 is 2.40 bits per heavy atom. The summed E-state index contributed by atoms with van der Waals surface area (Å²) in [7, 11) is 0. The van der Waals surface area contributed by atoms with Crippen LogP contribution in [0, 0.1) is 0 Å². The molecule has 0 bridgehead atoms. The molecule has 3 nitrogen and oxygen atoms in total. The normalized spacial score (nSPS) is 10.6. The second kappa shape index (κ2) is 5.61. The lowest BCUT2D eigenvalue weighted by Crippen LogP contribution is -2.01. The Morgan fingerprint density at radius 1 is 0.900 bits per heavy atom. The molecule has 0 aliphatic carbocycles. The molecule has 0 aliphatic heterocycles. The first-order valence-electron chi connectivity index (χ1n) is 6.68. The van der Waals surface area contributed by atoms with Crippen LogP contribution in [0.4, 0.5) is 0 Å². The molecule has 20 heavy (non-hydrogen) atoms. The van der Waals surface area contributed by atoms with Gasteiger partial charge in [0.15, 0.2) is 0 Å². The minimum absolute atomic E-state index is 0.305. The van der Waals surface area contributed by atoms with Crippen molar-refractivity contribution in [3.05, 3.63) is 72.4 Å². The van der Waals surface area contributed by atoms with E-state index < -0.39 is 0 Å². The van der Waals surface area contributed by atoms with Crippen LogP contribution in [-0.4, -0.2) is 14.9 Å². The highest BCUT2D eigenvalue weighted by molar-refractivity contribution is 5.57. The van der Waals surface area contributed by atoms with E-state index in [2.05, 4.69) is 17.2 Å². The number of hydrogen-bond acceptors (Lipinski definition) is 2. The van der Waals surface area contributed by atoms with Crippen LogP contribution in [0.15, 0.2) is 66.9 Å². The Balaban J connectivity index is 1.67. The standard InChI is InChI=1S/C17H16N2O/c20-16-8-6-14(7-9-16)10-12-19-13-11-17(18-19)15-4-2-1-3-5-15/h1-9,11,13,20H,10,12H2. The molecule has 1 heterocycles. The summed E-state index contributed by atoms with van der Waals surface area (Å²) in [6, 6.07) is 19.5. The highest BCUT2D eigenvalue weighted by Crippen LogP contribution is 2.16. The molecule has 0 atom stereocenters. The van der Waals surface area contributed by atoms with Gasteiger partial charge in [0, 0.05) is 18.3 Å². The van der Waals surface area contributed by atoms with Crippen LogP contribution in [0.5, 0.6) is 5.75 Å². The molecule has 3 heteroatoms. The number of nitrogens with zero attached hydrogens (tertiary/aromatic N) is 2. The van der Waals surface area contributed by atoms with Gasteiger partial charge in [-0.15, -0.1) is 0 Å². The van der Waals surface area contributed by atoms with Gasteiger partial charge in [-0.25, -0.2) is 0 Å². The molecule has 0 amide bonds. The molecule has 2 aromatic carbocycles. The summed E-state index contributed by atoms with van der Waals surface area (Å²) in [6.07, 6.45) is 2.90. The van der Waals surface area contributed by atoms with E-state index in [0.29, 0.717) is 5.75 Å². The Hall–Kier alpha value is -2.55. The number of phenolic OH excluding ortho intramolecular Hbond substituents is 1. The maximum absolute atomic E-state index is 9.25. The zero-order valence-corrected chi connectivity index (χ0v) is 11.1. The van der Waals surface area contributed by atoms with Crippen molar-refractivity contribution in [1.29, 1.82) is 0 Å². The lowest BCUT2D eigenvalue weighted by atomic mass is 10.1. The fraction of sp³-hybridized carbons (Fsp3) is 0.118.